The summed E-state index contributed by atoms with van der Waals surface area (Å²) in [4.78, 5) is 4.53. The van der Waals surface area contributed by atoms with Gasteiger partial charge in [0.05, 0.1) is 11.6 Å². The number of rotatable bonds is 3. The molecule has 0 saturated heterocycles. The van der Waals surface area contributed by atoms with Gasteiger partial charge in [-0.25, -0.2) is 0 Å². The van der Waals surface area contributed by atoms with Crippen LogP contribution < -0.4 is 11.1 Å². The number of fused-ring (bicyclic) bond motifs is 1. The van der Waals surface area contributed by atoms with Crippen LogP contribution in [0.25, 0.3) is 10.9 Å². The van der Waals surface area contributed by atoms with E-state index in [9.17, 15) is 5.11 Å². The smallest absolute Gasteiger partial charge is 0.0727 e. The fourth-order valence-electron chi connectivity index (χ4n) is 3.02. The molecule has 1 heterocycles. The van der Waals surface area contributed by atoms with Crippen molar-refractivity contribution in [1.82, 2.24) is 4.98 Å². The van der Waals surface area contributed by atoms with Gasteiger partial charge < -0.3 is 16.2 Å². The molecule has 3 rings (SSSR count). The van der Waals surface area contributed by atoms with Gasteiger partial charge in [-0.3, -0.25) is 4.98 Å². The Bertz CT molecular complexity index is 626. The normalized spacial score (nSPS) is 22.3. The second-order valence-corrected chi connectivity index (χ2v) is 5.73. The van der Waals surface area contributed by atoms with Gasteiger partial charge in [0.15, 0.2) is 0 Å². The molecule has 2 aromatic rings. The van der Waals surface area contributed by atoms with Gasteiger partial charge in [0.2, 0.25) is 0 Å². The van der Waals surface area contributed by atoms with Crippen LogP contribution in [0.3, 0.4) is 0 Å². The van der Waals surface area contributed by atoms with E-state index in [-0.39, 0.29) is 6.10 Å². The molecule has 1 aromatic carbocycles. The van der Waals surface area contributed by atoms with E-state index in [1.807, 2.05) is 31.2 Å². The van der Waals surface area contributed by atoms with Crippen LogP contribution in [0.4, 0.5) is 11.4 Å². The summed E-state index contributed by atoms with van der Waals surface area (Å²) in [7, 11) is 0. The minimum Gasteiger partial charge on any atom is -0.399 e. The van der Waals surface area contributed by atoms with Crippen molar-refractivity contribution < 1.29 is 5.11 Å². The van der Waals surface area contributed by atoms with E-state index in [1.165, 1.54) is 0 Å². The number of nitrogens with zero attached hydrogens (tertiary/aromatic N) is 1. The predicted octanol–water partition coefficient (Wildman–Crippen LogP) is 2.70. The van der Waals surface area contributed by atoms with Gasteiger partial charge in [-0.15, -0.1) is 0 Å². The van der Waals surface area contributed by atoms with Crippen LogP contribution in [0.1, 0.15) is 25.0 Å². The summed E-state index contributed by atoms with van der Waals surface area (Å²) in [5.41, 5.74) is 9.61. The summed E-state index contributed by atoms with van der Waals surface area (Å²) < 4.78 is 0. The highest BCUT2D eigenvalue weighted by molar-refractivity contribution is 5.93. The number of nitrogens with two attached hydrogens (primary N) is 1. The van der Waals surface area contributed by atoms with Crippen LogP contribution >= 0.6 is 0 Å². The van der Waals surface area contributed by atoms with Crippen molar-refractivity contribution in [2.45, 2.75) is 32.3 Å². The van der Waals surface area contributed by atoms with Crippen LogP contribution in [-0.2, 0) is 0 Å². The molecule has 2 unspecified atom stereocenters. The van der Waals surface area contributed by atoms with Crippen molar-refractivity contribution in [3.05, 3.63) is 30.0 Å². The molecule has 1 aromatic heterocycles. The Hall–Kier alpha value is -1.81. The fraction of sp³-hybridized carbons (Fsp3) is 0.438. The summed E-state index contributed by atoms with van der Waals surface area (Å²) >= 11 is 0. The van der Waals surface area contributed by atoms with Crippen LogP contribution in [-0.4, -0.2) is 22.7 Å². The van der Waals surface area contributed by atoms with Gasteiger partial charge in [0.1, 0.15) is 0 Å². The standard InChI is InChI=1S/C16H21N3O/c1-10-7-15(18-9-11-3-2-4-16(11)20)13-8-12(17)5-6-14(13)19-10/h5-8,11,16,20H,2-4,9,17H2,1H3,(H,18,19). The van der Waals surface area contributed by atoms with Gasteiger partial charge in [0.25, 0.3) is 0 Å². The van der Waals surface area contributed by atoms with E-state index in [0.29, 0.717) is 5.92 Å². The molecule has 1 saturated carbocycles. The zero-order valence-electron chi connectivity index (χ0n) is 11.8. The fourth-order valence-corrected chi connectivity index (χ4v) is 3.02. The molecule has 0 spiro atoms. The lowest BCUT2D eigenvalue weighted by molar-refractivity contribution is 0.138. The Morgan fingerprint density at radius 3 is 2.95 bits per heavy atom. The number of aliphatic hydroxyl groups is 1. The third-order valence-electron chi connectivity index (χ3n) is 4.13. The van der Waals surface area contributed by atoms with Crippen molar-refractivity contribution >= 4 is 22.3 Å². The lowest BCUT2D eigenvalue weighted by Gasteiger charge is -2.17. The SMILES string of the molecule is Cc1cc(NCC2CCCC2O)c2cc(N)ccc2n1. The first-order valence-corrected chi connectivity index (χ1v) is 7.22. The molecule has 0 amide bonds. The molecule has 4 heteroatoms. The molecule has 0 aliphatic heterocycles. The molecule has 20 heavy (non-hydrogen) atoms. The summed E-state index contributed by atoms with van der Waals surface area (Å²) in [5.74, 6) is 0.347. The molecule has 1 aliphatic carbocycles. The summed E-state index contributed by atoms with van der Waals surface area (Å²) in [6.45, 7) is 2.79. The number of anilines is 2. The molecule has 2 atom stereocenters. The maximum Gasteiger partial charge on any atom is 0.0727 e. The summed E-state index contributed by atoms with van der Waals surface area (Å²) in [6.07, 6.45) is 2.98. The molecule has 1 fully saturated rings. The van der Waals surface area contributed by atoms with Crippen LogP contribution in [0, 0.1) is 12.8 Å². The van der Waals surface area contributed by atoms with E-state index in [0.717, 1.165) is 53.8 Å². The minimum absolute atomic E-state index is 0.165. The summed E-state index contributed by atoms with van der Waals surface area (Å²) in [5, 5.41) is 14.4. The van der Waals surface area contributed by atoms with Crippen molar-refractivity contribution in [1.29, 1.82) is 0 Å². The Labute approximate surface area is 119 Å². The van der Waals surface area contributed by atoms with Crippen LogP contribution in [0.15, 0.2) is 24.3 Å². The number of pyridine rings is 1. The average Bonchev–Trinajstić information content (AvgIpc) is 2.82. The van der Waals surface area contributed by atoms with Crippen molar-refractivity contribution in [2.75, 3.05) is 17.6 Å². The molecule has 4 nitrogen and oxygen atoms in total. The average molecular weight is 271 g/mol. The highest BCUT2D eigenvalue weighted by atomic mass is 16.3. The Morgan fingerprint density at radius 2 is 2.20 bits per heavy atom. The van der Waals surface area contributed by atoms with Crippen LogP contribution in [0.2, 0.25) is 0 Å². The molecular weight excluding hydrogens is 250 g/mol. The van der Waals surface area contributed by atoms with Gasteiger partial charge in [-0.2, -0.15) is 0 Å². The Morgan fingerprint density at radius 1 is 1.35 bits per heavy atom. The minimum atomic E-state index is -0.165. The monoisotopic (exact) mass is 271 g/mol. The quantitative estimate of drug-likeness (QED) is 0.751. The van der Waals surface area contributed by atoms with Crippen molar-refractivity contribution in [2.24, 2.45) is 5.92 Å². The maximum atomic E-state index is 9.91. The highest BCUT2D eigenvalue weighted by Crippen LogP contribution is 2.29. The lowest BCUT2D eigenvalue weighted by Crippen LogP contribution is -2.22. The molecular formula is C16H21N3O. The number of benzene rings is 1. The zero-order chi connectivity index (χ0) is 14.1. The number of hydrogen-bond acceptors (Lipinski definition) is 4. The van der Waals surface area contributed by atoms with E-state index >= 15 is 0 Å². The summed E-state index contributed by atoms with van der Waals surface area (Å²) in [6, 6.07) is 7.82. The number of hydrogen-bond donors (Lipinski definition) is 3. The van der Waals surface area contributed by atoms with E-state index in [4.69, 9.17) is 5.73 Å². The lowest BCUT2D eigenvalue weighted by atomic mass is 10.1. The van der Waals surface area contributed by atoms with E-state index in [1.54, 1.807) is 0 Å². The molecule has 4 N–H and O–H groups in total. The largest absolute Gasteiger partial charge is 0.399 e. The molecule has 0 radical (unpaired) electrons. The second-order valence-electron chi connectivity index (χ2n) is 5.73. The highest BCUT2D eigenvalue weighted by Gasteiger charge is 2.24. The van der Waals surface area contributed by atoms with Gasteiger partial charge in [-0.05, 0) is 44.0 Å². The van der Waals surface area contributed by atoms with Gasteiger partial charge in [-0.1, -0.05) is 6.42 Å². The van der Waals surface area contributed by atoms with E-state index in [2.05, 4.69) is 10.3 Å². The first-order chi connectivity index (χ1) is 9.63. The topological polar surface area (TPSA) is 71.2 Å². The molecule has 0 bridgehead atoms. The third kappa shape index (κ3) is 2.56. The van der Waals surface area contributed by atoms with E-state index < -0.39 is 0 Å². The first kappa shape index (κ1) is 13.2. The maximum absolute atomic E-state index is 9.91. The van der Waals surface area contributed by atoms with Crippen LogP contribution in [0.5, 0.6) is 0 Å². The Kier molecular flexibility index (Phi) is 3.49. The van der Waals surface area contributed by atoms with Gasteiger partial charge in [0, 0.05) is 34.9 Å². The number of nitrogen functional groups attached to an aromatic ring is 1. The third-order valence-corrected chi connectivity index (χ3v) is 4.13. The van der Waals surface area contributed by atoms with Crippen molar-refractivity contribution in [3.8, 4) is 0 Å². The zero-order valence-corrected chi connectivity index (χ0v) is 11.8. The second kappa shape index (κ2) is 5.29. The molecule has 1 aliphatic rings. The number of aryl methyl sites for hydroxylation is 1. The Balaban J connectivity index is 1.88. The van der Waals surface area contributed by atoms with Gasteiger partial charge >= 0.3 is 0 Å². The molecule has 106 valence electrons. The van der Waals surface area contributed by atoms with Crippen molar-refractivity contribution in [3.63, 3.8) is 0 Å². The number of aromatic nitrogens is 1. The predicted molar refractivity (Wildman–Crippen MR) is 82.7 cm³/mol. The number of nitrogens with one attached hydrogen (secondary N) is 1. The first-order valence-electron chi connectivity index (χ1n) is 7.22. The number of aliphatic hydroxyl groups excluding tert-OH is 1.